The Morgan fingerprint density at radius 2 is 1.89 bits per heavy atom. The Morgan fingerprint density at radius 3 is 2.54 bits per heavy atom. The minimum absolute atomic E-state index is 0.325. The van der Waals surface area contributed by atoms with Crippen LogP contribution in [0.1, 0.15) is 12.8 Å². The number of piperidine rings is 1. The maximum Gasteiger partial charge on any atom is 0.323 e. The first-order chi connectivity index (χ1) is 13.5. The number of carboxylic acid groups (broad SMARTS) is 1. The summed E-state index contributed by atoms with van der Waals surface area (Å²) in [6, 6.07) is 3.67. The standard InChI is InChI=1S/C19H20N6O3/c1-28-14-11-22-10-13-15(14)17(24-16(23-13)12-2-6-21-7-3-12)25-8-4-19(20,5-9-25)18(26)27/h2-3,6-7,10-11H,4-5,8-9,20H2,1H3,(H,26,27). The van der Waals surface area contributed by atoms with Gasteiger partial charge in [0.05, 0.1) is 30.4 Å². The number of fused-ring (bicyclic) bond motifs is 1. The summed E-state index contributed by atoms with van der Waals surface area (Å²) in [5.41, 5.74) is 6.30. The third kappa shape index (κ3) is 3.09. The normalized spacial score (nSPS) is 16.1. The van der Waals surface area contributed by atoms with E-state index >= 15 is 0 Å². The average Bonchev–Trinajstić information content (AvgIpc) is 2.73. The lowest BCUT2D eigenvalue weighted by Gasteiger charge is -2.37. The van der Waals surface area contributed by atoms with Gasteiger partial charge in [-0.15, -0.1) is 0 Å². The average molecular weight is 380 g/mol. The summed E-state index contributed by atoms with van der Waals surface area (Å²) >= 11 is 0. The predicted octanol–water partition coefficient (Wildman–Crippen LogP) is 1.48. The van der Waals surface area contributed by atoms with Crippen LogP contribution < -0.4 is 15.4 Å². The molecule has 3 aromatic heterocycles. The molecule has 0 bridgehead atoms. The number of aromatic nitrogens is 4. The molecule has 1 saturated heterocycles. The zero-order chi connectivity index (χ0) is 19.7. The topological polar surface area (TPSA) is 127 Å². The molecule has 0 aromatic carbocycles. The highest BCUT2D eigenvalue weighted by atomic mass is 16.5. The van der Waals surface area contributed by atoms with Gasteiger partial charge in [0.1, 0.15) is 17.1 Å². The summed E-state index contributed by atoms with van der Waals surface area (Å²) in [5.74, 6) is 0.821. The van der Waals surface area contributed by atoms with E-state index in [0.717, 1.165) is 10.9 Å². The molecular formula is C19H20N6O3. The van der Waals surface area contributed by atoms with Crippen molar-refractivity contribution in [3.63, 3.8) is 0 Å². The minimum atomic E-state index is -1.21. The van der Waals surface area contributed by atoms with Crippen molar-refractivity contribution in [2.75, 3.05) is 25.1 Å². The van der Waals surface area contributed by atoms with Gasteiger partial charge >= 0.3 is 5.97 Å². The van der Waals surface area contributed by atoms with Crippen molar-refractivity contribution in [1.29, 1.82) is 0 Å². The molecular weight excluding hydrogens is 360 g/mol. The number of hydrogen-bond donors (Lipinski definition) is 2. The zero-order valence-corrected chi connectivity index (χ0v) is 15.4. The highest BCUT2D eigenvalue weighted by Gasteiger charge is 2.38. The fraction of sp³-hybridized carbons (Fsp3) is 0.316. The summed E-state index contributed by atoms with van der Waals surface area (Å²) in [6.45, 7) is 0.937. The van der Waals surface area contributed by atoms with Crippen LogP contribution in [0.25, 0.3) is 22.3 Å². The molecule has 0 unspecified atom stereocenters. The van der Waals surface area contributed by atoms with Crippen molar-refractivity contribution in [3.8, 4) is 17.1 Å². The molecule has 0 amide bonds. The molecule has 0 aliphatic carbocycles. The Kier molecular flexibility index (Phi) is 4.52. The zero-order valence-electron chi connectivity index (χ0n) is 15.4. The largest absolute Gasteiger partial charge is 0.494 e. The smallest absolute Gasteiger partial charge is 0.323 e. The molecule has 4 rings (SSSR count). The number of methoxy groups -OCH3 is 1. The molecule has 0 atom stereocenters. The summed E-state index contributed by atoms with van der Waals surface area (Å²) < 4.78 is 5.49. The Hall–Kier alpha value is -3.33. The van der Waals surface area contributed by atoms with E-state index in [1.807, 2.05) is 17.0 Å². The Bertz CT molecular complexity index is 1020. The Morgan fingerprint density at radius 1 is 1.18 bits per heavy atom. The first kappa shape index (κ1) is 18.1. The quantitative estimate of drug-likeness (QED) is 0.691. The fourth-order valence-corrected chi connectivity index (χ4v) is 3.38. The number of nitrogens with zero attached hydrogens (tertiary/aromatic N) is 5. The molecule has 0 saturated carbocycles. The van der Waals surface area contributed by atoms with Crippen molar-refractivity contribution < 1.29 is 14.6 Å². The predicted molar refractivity (Wildman–Crippen MR) is 103 cm³/mol. The number of hydrogen-bond acceptors (Lipinski definition) is 8. The maximum atomic E-state index is 11.5. The number of nitrogens with two attached hydrogens (primary N) is 1. The molecule has 0 radical (unpaired) electrons. The van der Waals surface area contributed by atoms with Crippen LogP contribution in [-0.2, 0) is 4.79 Å². The van der Waals surface area contributed by atoms with Crippen LogP contribution in [0, 0.1) is 0 Å². The van der Waals surface area contributed by atoms with E-state index in [0.29, 0.717) is 48.8 Å². The molecule has 28 heavy (non-hydrogen) atoms. The molecule has 9 nitrogen and oxygen atoms in total. The van der Waals surface area contributed by atoms with Gasteiger partial charge in [-0.25, -0.2) is 9.97 Å². The minimum Gasteiger partial charge on any atom is -0.494 e. The van der Waals surface area contributed by atoms with E-state index in [2.05, 4.69) is 15.0 Å². The van der Waals surface area contributed by atoms with Crippen LogP contribution in [0.3, 0.4) is 0 Å². The number of rotatable bonds is 4. The van der Waals surface area contributed by atoms with Crippen molar-refractivity contribution >= 4 is 22.7 Å². The molecule has 1 fully saturated rings. The molecule has 9 heteroatoms. The molecule has 4 heterocycles. The lowest BCUT2D eigenvalue weighted by Crippen LogP contribution is -2.55. The maximum absolute atomic E-state index is 11.5. The SMILES string of the molecule is COc1cncc2nc(-c3ccncc3)nc(N3CCC(N)(C(=O)O)CC3)c12. The van der Waals surface area contributed by atoms with E-state index in [9.17, 15) is 9.90 Å². The van der Waals surface area contributed by atoms with Gasteiger partial charge in [0, 0.05) is 31.0 Å². The van der Waals surface area contributed by atoms with E-state index in [1.165, 1.54) is 0 Å². The number of carbonyl (C=O) groups is 1. The fourth-order valence-electron chi connectivity index (χ4n) is 3.38. The Labute approximate surface area is 161 Å². The molecule has 1 aliphatic rings. The van der Waals surface area contributed by atoms with Crippen LogP contribution in [0.4, 0.5) is 5.82 Å². The third-order valence-corrected chi connectivity index (χ3v) is 5.09. The van der Waals surface area contributed by atoms with Crippen LogP contribution in [-0.4, -0.2) is 56.7 Å². The van der Waals surface area contributed by atoms with Crippen molar-refractivity contribution in [2.45, 2.75) is 18.4 Å². The second kappa shape index (κ2) is 7.01. The first-order valence-corrected chi connectivity index (χ1v) is 8.89. The van der Waals surface area contributed by atoms with Gasteiger partial charge in [-0.3, -0.25) is 14.8 Å². The monoisotopic (exact) mass is 380 g/mol. The molecule has 144 valence electrons. The van der Waals surface area contributed by atoms with E-state index < -0.39 is 11.5 Å². The Balaban J connectivity index is 1.83. The molecule has 0 spiro atoms. The van der Waals surface area contributed by atoms with Gasteiger partial charge in [0.2, 0.25) is 0 Å². The summed E-state index contributed by atoms with van der Waals surface area (Å²) in [5, 5.41) is 10.1. The number of pyridine rings is 2. The number of anilines is 1. The lowest BCUT2D eigenvalue weighted by atomic mass is 9.89. The second-order valence-corrected chi connectivity index (χ2v) is 6.79. The van der Waals surface area contributed by atoms with Gasteiger partial charge < -0.3 is 20.5 Å². The molecule has 3 aromatic rings. The molecule has 1 aliphatic heterocycles. The van der Waals surface area contributed by atoms with Crippen LogP contribution in [0.2, 0.25) is 0 Å². The number of aliphatic carboxylic acids is 1. The summed E-state index contributed by atoms with van der Waals surface area (Å²) in [4.78, 5) is 31.2. The second-order valence-electron chi connectivity index (χ2n) is 6.79. The van der Waals surface area contributed by atoms with Crippen LogP contribution in [0.5, 0.6) is 5.75 Å². The van der Waals surface area contributed by atoms with E-state index in [-0.39, 0.29) is 0 Å². The number of carboxylic acids is 1. The molecule has 3 N–H and O–H groups in total. The van der Waals surface area contributed by atoms with Gasteiger partial charge in [0.25, 0.3) is 0 Å². The summed E-state index contributed by atoms with van der Waals surface area (Å²) in [6.07, 6.45) is 7.31. The van der Waals surface area contributed by atoms with Crippen molar-refractivity contribution in [1.82, 2.24) is 19.9 Å². The van der Waals surface area contributed by atoms with Crippen LogP contribution >= 0.6 is 0 Å². The van der Waals surface area contributed by atoms with Gasteiger partial charge in [-0.1, -0.05) is 0 Å². The summed E-state index contributed by atoms with van der Waals surface area (Å²) in [7, 11) is 1.57. The lowest BCUT2D eigenvalue weighted by molar-refractivity contribution is -0.144. The van der Waals surface area contributed by atoms with E-state index in [4.69, 9.17) is 15.5 Å². The van der Waals surface area contributed by atoms with Gasteiger partial charge in [-0.2, -0.15) is 0 Å². The third-order valence-electron chi connectivity index (χ3n) is 5.09. The van der Waals surface area contributed by atoms with Crippen molar-refractivity contribution in [2.24, 2.45) is 5.73 Å². The first-order valence-electron chi connectivity index (χ1n) is 8.89. The highest BCUT2D eigenvalue weighted by molar-refractivity contribution is 5.95. The van der Waals surface area contributed by atoms with Crippen molar-refractivity contribution in [3.05, 3.63) is 36.9 Å². The van der Waals surface area contributed by atoms with Gasteiger partial charge in [0.15, 0.2) is 5.82 Å². The van der Waals surface area contributed by atoms with Crippen LogP contribution in [0.15, 0.2) is 36.9 Å². The number of ether oxygens (including phenoxy) is 1. The highest BCUT2D eigenvalue weighted by Crippen LogP contribution is 2.35. The van der Waals surface area contributed by atoms with Gasteiger partial charge in [-0.05, 0) is 25.0 Å². The van der Waals surface area contributed by atoms with E-state index in [1.54, 1.807) is 31.9 Å².